The fourth-order valence-electron chi connectivity index (χ4n) is 2.62. The smallest absolute Gasteiger partial charge is 0.416 e. The molecule has 2 aromatic carbocycles. The van der Waals surface area contributed by atoms with Crippen LogP contribution in [0.3, 0.4) is 0 Å². The number of halogens is 3. The van der Waals surface area contributed by atoms with Gasteiger partial charge in [-0.3, -0.25) is 4.79 Å². The molecular weight excluding hydrogens is 307 g/mol. The highest BCUT2D eigenvalue weighted by Gasteiger charge is 2.30. The molecule has 0 saturated heterocycles. The van der Waals surface area contributed by atoms with E-state index in [4.69, 9.17) is 0 Å². The lowest BCUT2D eigenvalue weighted by molar-refractivity contribution is -0.137. The first-order valence-electron chi connectivity index (χ1n) is 6.79. The molecule has 118 valence electrons. The lowest BCUT2D eigenvalue weighted by Gasteiger charge is -2.15. The van der Waals surface area contributed by atoms with E-state index in [0.29, 0.717) is 16.5 Å². The van der Waals surface area contributed by atoms with Crippen LogP contribution in [0.4, 0.5) is 13.2 Å². The van der Waals surface area contributed by atoms with Gasteiger partial charge in [0.1, 0.15) is 0 Å². The molecule has 0 bridgehead atoms. The van der Waals surface area contributed by atoms with Crippen molar-refractivity contribution in [2.24, 2.45) is 7.05 Å². The fourth-order valence-corrected chi connectivity index (χ4v) is 2.62. The molecule has 0 fully saturated rings. The Balaban J connectivity index is 2.26. The van der Waals surface area contributed by atoms with Crippen molar-refractivity contribution in [3.05, 3.63) is 64.3 Å². The number of aromatic nitrogens is 1. The molecule has 0 unspecified atom stereocenters. The normalized spacial score (nSPS) is 11.8. The number of fused-ring (bicyclic) bond motifs is 1. The monoisotopic (exact) mass is 319 g/mol. The van der Waals surface area contributed by atoms with Crippen LogP contribution in [-0.4, -0.2) is 9.67 Å². The molecule has 0 aliphatic rings. The summed E-state index contributed by atoms with van der Waals surface area (Å²) in [6, 6.07) is 11.1. The molecule has 0 aliphatic carbocycles. The van der Waals surface area contributed by atoms with E-state index in [1.807, 2.05) is 0 Å². The van der Waals surface area contributed by atoms with Crippen LogP contribution >= 0.6 is 0 Å². The van der Waals surface area contributed by atoms with Gasteiger partial charge in [0.15, 0.2) is 5.75 Å². The molecule has 1 N–H and O–H groups in total. The topological polar surface area (TPSA) is 42.2 Å². The van der Waals surface area contributed by atoms with Crippen LogP contribution in [0, 0.1) is 0 Å². The third-order valence-electron chi connectivity index (χ3n) is 3.77. The summed E-state index contributed by atoms with van der Waals surface area (Å²) >= 11 is 0. The second-order valence-electron chi connectivity index (χ2n) is 5.18. The molecule has 0 atom stereocenters. The van der Waals surface area contributed by atoms with Gasteiger partial charge < -0.3 is 9.67 Å². The summed E-state index contributed by atoms with van der Waals surface area (Å²) in [5, 5.41) is 10.6. The molecule has 3 nitrogen and oxygen atoms in total. The summed E-state index contributed by atoms with van der Waals surface area (Å²) in [6.07, 6.45) is -4.43. The van der Waals surface area contributed by atoms with Gasteiger partial charge in [-0.1, -0.05) is 24.3 Å². The second-order valence-corrected chi connectivity index (χ2v) is 5.18. The largest absolute Gasteiger partial charge is 0.503 e. The number of hydrogen-bond donors (Lipinski definition) is 1. The number of hydrogen-bond acceptors (Lipinski definition) is 2. The molecule has 0 aliphatic heterocycles. The zero-order valence-corrected chi connectivity index (χ0v) is 12.1. The van der Waals surface area contributed by atoms with Crippen LogP contribution in [0.1, 0.15) is 5.56 Å². The zero-order chi connectivity index (χ0) is 16.8. The molecule has 0 amide bonds. The summed E-state index contributed by atoms with van der Waals surface area (Å²) in [5.74, 6) is -0.481. The Bertz CT molecular complexity index is 941. The Morgan fingerprint density at radius 1 is 1.00 bits per heavy atom. The highest BCUT2D eigenvalue weighted by atomic mass is 19.4. The highest BCUT2D eigenvalue weighted by molar-refractivity contribution is 5.85. The third kappa shape index (κ3) is 2.46. The van der Waals surface area contributed by atoms with Crippen molar-refractivity contribution in [2.45, 2.75) is 6.18 Å². The summed E-state index contributed by atoms with van der Waals surface area (Å²) in [4.78, 5) is 12.3. The second kappa shape index (κ2) is 5.15. The Kier molecular flexibility index (Phi) is 3.39. The molecule has 3 aromatic rings. The van der Waals surface area contributed by atoms with Gasteiger partial charge in [0.25, 0.3) is 0 Å². The van der Waals surface area contributed by atoms with E-state index in [1.165, 1.54) is 12.1 Å². The predicted molar refractivity (Wildman–Crippen MR) is 81.3 cm³/mol. The van der Waals surface area contributed by atoms with Crippen LogP contribution < -0.4 is 5.43 Å². The Morgan fingerprint density at radius 3 is 2.22 bits per heavy atom. The molecule has 0 radical (unpaired) electrons. The van der Waals surface area contributed by atoms with Crippen molar-refractivity contribution in [3.63, 3.8) is 0 Å². The lowest BCUT2D eigenvalue weighted by Crippen LogP contribution is -2.10. The van der Waals surface area contributed by atoms with Crippen molar-refractivity contribution in [3.8, 4) is 17.0 Å². The van der Waals surface area contributed by atoms with Gasteiger partial charge >= 0.3 is 6.18 Å². The minimum absolute atomic E-state index is 0.183. The van der Waals surface area contributed by atoms with E-state index in [1.54, 1.807) is 35.9 Å². The SMILES string of the molecule is Cn1c(-c2ccc(C(F)(F)F)cc2)c(O)c(=O)c2ccccc21. The van der Waals surface area contributed by atoms with E-state index in [-0.39, 0.29) is 5.69 Å². The summed E-state index contributed by atoms with van der Waals surface area (Å²) in [5.41, 5.74) is -0.228. The fraction of sp³-hybridized carbons (Fsp3) is 0.118. The lowest BCUT2D eigenvalue weighted by atomic mass is 10.0. The van der Waals surface area contributed by atoms with E-state index in [9.17, 15) is 23.1 Å². The number of aromatic hydroxyl groups is 1. The first kappa shape index (κ1) is 15.1. The average Bonchev–Trinajstić information content (AvgIpc) is 2.53. The molecule has 1 aromatic heterocycles. The van der Waals surface area contributed by atoms with Crippen LogP contribution in [0.2, 0.25) is 0 Å². The maximum atomic E-state index is 12.6. The molecule has 6 heteroatoms. The van der Waals surface area contributed by atoms with Crippen molar-refractivity contribution in [1.82, 2.24) is 4.57 Å². The minimum Gasteiger partial charge on any atom is -0.503 e. The van der Waals surface area contributed by atoms with Crippen LogP contribution in [0.25, 0.3) is 22.2 Å². The molecule has 1 heterocycles. The molecule has 3 rings (SSSR count). The summed E-state index contributed by atoms with van der Waals surface area (Å²) in [7, 11) is 1.65. The van der Waals surface area contributed by atoms with E-state index in [0.717, 1.165) is 12.1 Å². The maximum absolute atomic E-state index is 12.6. The standard InChI is InChI=1S/C17H12F3NO2/c1-21-13-5-3-2-4-12(13)15(22)16(23)14(21)10-6-8-11(9-7-10)17(18,19)20/h2-9,23H,1H3. The van der Waals surface area contributed by atoms with E-state index >= 15 is 0 Å². The van der Waals surface area contributed by atoms with Gasteiger partial charge in [0, 0.05) is 18.0 Å². The van der Waals surface area contributed by atoms with E-state index < -0.39 is 22.9 Å². The van der Waals surface area contributed by atoms with E-state index in [2.05, 4.69) is 0 Å². The van der Waals surface area contributed by atoms with Gasteiger partial charge in [-0.2, -0.15) is 13.2 Å². The number of pyridine rings is 1. The average molecular weight is 319 g/mol. The van der Waals surface area contributed by atoms with Crippen LogP contribution in [-0.2, 0) is 13.2 Å². The van der Waals surface area contributed by atoms with Crippen molar-refractivity contribution in [1.29, 1.82) is 0 Å². The predicted octanol–water partition coefficient (Wildman–Crippen LogP) is 3.93. The summed E-state index contributed by atoms with van der Waals surface area (Å²) in [6.45, 7) is 0. The summed E-state index contributed by atoms with van der Waals surface area (Å²) < 4.78 is 39.5. The number of para-hydroxylation sites is 1. The minimum atomic E-state index is -4.43. The Morgan fingerprint density at radius 2 is 1.61 bits per heavy atom. The molecule has 0 spiro atoms. The van der Waals surface area contributed by atoms with Gasteiger partial charge in [-0.25, -0.2) is 0 Å². The van der Waals surface area contributed by atoms with Crippen molar-refractivity contribution >= 4 is 10.9 Å². The van der Waals surface area contributed by atoms with Gasteiger partial charge in [0.2, 0.25) is 5.43 Å². The highest BCUT2D eigenvalue weighted by Crippen LogP contribution is 2.33. The van der Waals surface area contributed by atoms with Crippen LogP contribution in [0.5, 0.6) is 5.75 Å². The number of rotatable bonds is 1. The first-order chi connectivity index (χ1) is 10.8. The number of aryl methyl sites for hydroxylation is 1. The van der Waals surface area contributed by atoms with Gasteiger partial charge in [-0.05, 0) is 24.3 Å². The zero-order valence-electron chi connectivity index (χ0n) is 12.1. The molecule has 0 saturated carbocycles. The maximum Gasteiger partial charge on any atom is 0.416 e. The number of nitrogens with zero attached hydrogens (tertiary/aromatic N) is 1. The van der Waals surface area contributed by atoms with Crippen molar-refractivity contribution < 1.29 is 18.3 Å². The Labute approximate surface area is 129 Å². The Hall–Kier alpha value is -2.76. The number of alkyl halides is 3. The first-order valence-corrected chi connectivity index (χ1v) is 6.79. The van der Waals surface area contributed by atoms with Gasteiger partial charge in [-0.15, -0.1) is 0 Å². The molecule has 23 heavy (non-hydrogen) atoms. The third-order valence-corrected chi connectivity index (χ3v) is 3.77. The molecular formula is C17H12F3NO2. The van der Waals surface area contributed by atoms with Crippen molar-refractivity contribution in [2.75, 3.05) is 0 Å². The van der Waals surface area contributed by atoms with Crippen LogP contribution in [0.15, 0.2) is 53.3 Å². The quantitative estimate of drug-likeness (QED) is 0.738. The number of benzene rings is 2. The van der Waals surface area contributed by atoms with Gasteiger partial charge in [0.05, 0.1) is 16.8 Å².